The van der Waals surface area contributed by atoms with Gasteiger partial charge < -0.3 is 18.9 Å². The van der Waals surface area contributed by atoms with E-state index in [1.54, 1.807) is 0 Å². The third-order valence-corrected chi connectivity index (χ3v) is 7.14. The molecule has 0 aliphatic carbocycles. The maximum absolute atomic E-state index is 12.3. The SMILES string of the molecule is C=CCCCC(=O)C(C)(C)[C@@H]1CCOC(C)(C)O1.CC=CCCC(=O)C(C)(C)[C@@H]1CCOC(C)(C)O1. The minimum Gasteiger partial charge on any atom is -0.350 e. The number of ether oxygens (including phenoxy) is 4. The smallest absolute Gasteiger partial charge is 0.163 e. The van der Waals surface area contributed by atoms with Gasteiger partial charge in [0.05, 0.1) is 25.4 Å². The van der Waals surface area contributed by atoms with Gasteiger partial charge in [0.2, 0.25) is 0 Å². The molecule has 2 heterocycles. The molecule has 208 valence electrons. The maximum atomic E-state index is 12.3. The number of Topliss-reactive ketones (excluding diaryl/α,β-unsaturated/α-hetero) is 2. The fraction of sp³-hybridized carbons (Fsp3) is 0.800. The zero-order valence-electron chi connectivity index (χ0n) is 24.4. The first-order valence-corrected chi connectivity index (χ1v) is 13.5. The van der Waals surface area contributed by atoms with Crippen molar-refractivity contribution in [1.29, 1.82) is 0 Å². The molecule has 6 heteroatoms. The predicted molar refractivity (Wildman–Crippen MR) is 145 cm³/mol. The van der Waals surface area contributed by atoms with Crippen LogP contribution >= 0.6 is 0 Å². The monoisotopic (exact) mass is 508 g/mol. The van der Waals surface area contributed by atoms with Gasteiger partial charge >= 0.3 is 0 Å². The first kappa shape index (κ1) is 32.7. The van der Waals surface area contributed by atoms with Crippen molar-refractivity contribution in [2.24, 2.45) is 10.8 Å². The van der Waals surface area contributed by atoms with Crippen LogP contribution in [0.4, 0.5) is 0 Å². The highest BCUT2D eigenvalue weighted by molar-refractivity contribution is 5.85. The molecule has 0 amide bonds. The Kier molecular flexibility index (Phi) is 12.7. The number of rotatable bonds is 11. The van der Waals surface area contributed by atoms with Crippen LogP contribution in [0.5, 0.6) is 0 Å². The van der Waals surface area contributed by atoms with Gasteiger partial charge in [-0.2, -0.15) is 0 Å². The summed E-state index contributed by atoms with van der Waals surface area (Å²) >= 11 is 0. The highest BCUT2D eigenvalue weighted by atomic mass is 16.7. The Balaban J connectivity index is 0.000000360. The molecule has 0 aromatic carbocycles. The third-order valence-electron chi connectivity index (χ3n) is 7.14. The maximum Gasteiger partial charge on any atom is 0.163 e. The first-order valence-electron chi connectivity index (χ1n) is 13.5. The van der Waals surface area contributed by atoms with Gasteiger partial charge in [-0.05, 0) is 66.7 Å². The summed E-state index contributed by atoms with van der Waals surface area (Å²) in [5.74, 6) is -0.624. The molecule has 2 rings (SSSR count). The average molecular weight is 509 g/mol. The number of hydrogen-bond donors (Lipinski definition) is 0. The Labute approximate surface area is 220 Å². The summed E-state index contributed by atoms with van der Waals surface area (Å²) in [6, 6.07) is 0. The lowest BCUT2D eigenvalue weighted by Crippen LogP contribution is -2.49. The van der Waals surface area contributed by atoms with Crippen molar-refractivity contribution in [2.75, 3.05) is 13.2 Å². The van der Waals surface area contributed by atoms with E-state index in [0.29, 0.717) is 26.1 Å². The van der Waals surface area contributed by atoms with Gasteiger partial charge in [-0.1, -0.05) is 45.9 Å². The van der Waals surface area contributed by atoms with Gasteiger partial charge in [-0.3, -0.25) is 9.59 Å². The predicted octanol–water partition coefficient (Wildman–Crippen LogP) is 6.96. The van der Waals surface area contributed by atoms with Crippen molar-refractivity contribution >= 4 is 11.6 Å². The van der Waals surface area contributed by atoms with Crippen molar-refractivity contribution in [2.45, 2.75) is 131 Å². The Morgan fingerprint density at radius 3 is 1.67 bits per heavy atom. The summed E-state index contributed by atoms with van der Waals surface area (Å²) in [6.07, 6.45) is 11.1. The molecule has 0 N–H and O–H groups in total. The lowest BCUT2D eigenvalue weighted by atomic mass is 9.78. The molecule has 0 unspecified atom stereocenters. The van der Waals surface area contributed by atoms with Gasteiger partial charge in [0.1, 0.15) is 11.6 Å². The van der Waals surface area contributed by atoms with Gasteiger partial charge in [-0.25, -0.2) is 0 Å². The fourth-order valence-electron chi connectivity index (χ4n) is 4.50. The van der Waals surface area contributed by atoms with Crippen molar-refractivity contribution in [3.63, 3.8) is 0 Å². The van der Waals surface area contributed by atoms with Gasteiger partial charge in [0.25, 0.3) is 0 Å². The molecule has 0 aromatic heterocycles. The fourth-order valence-corrected chi connectivity index (χ4v) is 4.50. The second-order valence-corrected chi connectivity index (χ2v) is 11.9. The molecule has 0 bridgehead atoms. The standard InChI is InChI=1S/2C15H26O3/c2*1-6-7-8-9-12(16)14(2,3)13-10-11-17-15(4,5)18-13/h6-7,13H,8-11H2,1-5H3;6,13H,1,7-11H2,2-5H3/t2*13-/m00/s1. The Bertz CT molecular complexity index is 747. The van der Waals surface area contributed by atoms with Crippen molar-refractivity contribution in [1.82, 2.24) is 0 Å². The zero-order chi connectivity index (χ0) is 27.6. The average Bonchev–Trinajstić information content (AvgIpc) is 2.78. The minimum atomic E-state index is -0.582. The van der Waals surface area contributed by atoms with E-state index in [-0.39, 0.29) is 23.8 Å². The summed E-state index contributed by atoms with van der Waals surface area (Å²) in [5, 5.41) is 0. The lowest BCUT2D eigenvalue weighted by molar-refractivity contribution is -0.289. The van der Waals surface area contributed by atoms with Crippen molar-refractivity contribution in [3.05, 3.63) is 24.8 Å². The second-order valence-electron chi connectivity index (χ2n) is 11.9. The van der Waals surface area contributed by atoms with E-state index in [1.807, 2.05) is 80.5 Å². The molecule has 0 spiro atoms. The minimum absolute atomic E-state index is 0.0562. The molecular weight excluding hydrogens is 456 g/mol. The Morgan fingerprint density at radius 1 is 0.833 bits per heavy atom. The van der Waals surface area contributed by atoms with Crippen LogP contribution in [0.1, 0.15) is 107 Å². The summed E-state index contributed by atoms with van der Waals surface area (Å²) in [6.45, 7) is 22.5. The normalized spacial score (nSPS) is 24.0. The number of unbranched alkanes of at least 4 members (excludes halogenated alkanes) is 1. The molecule has 0 aromatic rings. The number of ketones is 2. The summed E-state index contributed by atoms with van der Waals surface area (Å²) in [5.41, 5.74) is -0.884. The van der Waals surface area contributed by atoms with Crippen LogP contribution in [0, 0.1) is 10.8 Å². The summed E-state index contributed by atoms with van der Waals surface area (Å²) < 4.78 is 22.9. The van der Waals surface area contributed by atoms with Crippen LogP contribution in [-0.4, -0.2) is 48.6 Å². The van der Waals surface area contributed by atoms with Gasteiger partial charge in [-0.15, -0.1) is 6.58 Å². The topological polar surface area (TPSA) is 71.1 Å². The van der Waals surface area contributed by atoms with Crippen molar-refractivity contribution < 1.29 is 28.5 Å². The molecule has 2 saturated heterocycles. The van der Waals surface area contributed by atoms with E-state index < -0.39 is 22.4 Å². The van der Waals surface area contributed by atoms with Crippen LogP contribution in [-0.2, 0) is 28.5 Å². The highest BCUT2D eigenvalue weighted by Gasteiger charge is 2.43. The van der Waals surface area contributed by atoms with E-state index in [4.69, 9.17) is 18.9 Å². The van der Waals surface area contributed by atoms with Crippen LogP contribution in [0.25, 0.3) is 0 Å². The lowest BCUT2D eigenvalue weighted by Gasteiger charge is -2.42. The molecule has 36 heavy (non-hydrogen) atoms. The number of carbonyl (C=O) groups is 2. The molecule has 6 nitrogen and oxygen atoms in total. The Morgan fingerprint density at radius 2 is 1.28 bits per heavy atom. The molecule has 2 aliphatic rings. The van der Waals surface area contributed by atoms with E-state index in [0.717, 1.165) is 32.1 Å². The van der Waals surface area contributed by atoms with Crippen LogP contribution < -0.4 is 0 Å². The Hall–Kier alpha value is -1.34. The quantitative estimate of drug-likeness (QED) is 0.222. The second kappa shape index (κ2) is 14.0. The summed E-state index contributed by atoms with van der Waals surface area (Å²) in [4.78, 5) is 24.6. The molecule has 0 saturated carbocycles. The third kappa shape index (κ3) is 10.2. The molecule has 2 fully saturated rings. The van der Waals surface area contributed by atoms with E-state index in [2.05, 4.69) is 6.58 Å². The van der Waals surface area contributed by atoms with E-state index in [1.165, 1.54) is 0 Å². The van der Waals surface area contributed by atoms with E-state index in [9.17, 15) is 9.59 Å². The molecule has 2 aliphatic heterocycles. The molecule has 2 atom stereocenters. The molecular formula is C30H52O6. The van der Waals surface area contributed by atoms with Crippen LogP contribution in [0.3, 0.4) is 0 Å². The molecule has 0 radical (unpaired) electrons. The van der Waals surface area contributed by atoms with Crippen LogP contribution in [0.2, 0.25) is 0 Å². The van der Waals surface area contributed by atoms with Crippen LogP contribution in [0.15, 0.2) is 24.8 Å². The number of hydrogen-bond acceptors (Lipinski definition) is 6. The summed E-state index contributed by atoms with van der Waals surface area (Å²) in [7, 11) is 0. The highest BCUT2D eigenvalue weighted by Crippen LogP contribution is 2.36. The van der Waals surface area contributed by atoms with E-state index >= 15 is 0 Å². The van der Waals surface area contributed by atoms with Gasteiger partial charge in [0.15, 0.2) is 11.6 Å². The number of allylic oxidation sites excluding steroid dienone is 3. The largest absolute Gasteiger partial charge is 0.350 e. The zero-order valence-corrected chi connectivity index (χ0v) is 24.4. The first-order chi connectivity index (χ1) is 16.6. The number of carbonyl (C=O) groups excluding carboxylic acids is 2. The van der Waals surface area contributed by atoms with Crippen molar-refractivity contribution in [3.8, 4) is 0 Å². The van der Waals surface area contributed by atoms with Gasteiger partial charge in [0, 0.05) is 23.7 Å².